The zero-order valence-electron chi connectivity index (χ0n) is 13.7. The van der Waals surface area contributed by atoms with Crippen molar-refractivity contribution in [2.75, 3.05) is 27.2 Å². The minimum Gasteiger partial charge on any atom is -0.352 e. The van der Waals surface area contributed by atoms with Gasteiger partial charge in [0.15, 0.2) is 0 Å². The van der Waals surface area contributed by atoms with E-state index in [1.165, 1.54) is 18.4 Å². The van der Waals surface area contributed by atoms with Crippen LogP contribution in [0.4, 0.5) is 0 Å². The van der Waals surface area contributed by atoms with E-state index in [9.17, 15) is 13.2 Å². The van der Waals surface area contributed by atoms with Crippen LogP contribution >= 0.6 is 0 Å². The molecule has 128 valence electrons. The van der Waals surface area contributed by atoms with Crippen molar-refractivity contribution in [3.63, 3.8) is 0 Å². The molecule has 1 saturated heterocycles. The molecule has 0 radical (unpaired) electrons. The van der Waals surface area contributed by atoms with Crippen LogP contribution in [0.2, 0.25) is 0 Å². The first kappa shape index (κ1) is 17.9. The lowest BCUT2D eigenvalue weighted by molar-refractivity contribution is -0.121. The van der Waals surface area contributed by atoms with Gasteiger partial charge < -0.3 is 10.6 Å². The highest BCUT2D eigenvalue weighted by Crippen LogP contribution is 2.15. The van der Waals surface area contributed by atoms with Crippen molar-refractivity contribution in [1.29, 1.82) is 0 Å². The molecule has 2 rings (SSSR count). The van der Waals surface area contributed by atoms with Crippen LogP contribution in [0.25, 0.3) is 0 Å². The Kier molecular flexibility index (Phi) is 6.15. The zero-order valence-corrected chi connectivity index (χ0v) is 14.5. The zero-order chi connectivity index (χ0) is 16.9. The SMILES string of the molecule is CN(C)S(=O)(=O)c1ccc(CNC(=O)CCC2CCNC2)cc1. The molecule has 2 N–H and O–H groups in total. The Morgan fingerprint density at radius 2 is 2.00 bits per heavy atom. The minimum absolute atomic E-state index is 0.0434. The maximum atomic E-state index is 12.0. The van der Waals surface area contributed by atoms with Gasteiger partial charge in [-0.15, -0.1) is 0 Å². The predicted octanol–water partition coefficient (Wildman–Crippen LogP) is 0.943. The van der Waals surface area contributed by atoms with E-state index in [0.717, 1.165) is 31.5 Å². The van der Waals surface area contributed by atoms with Crippen LogP contribution in [0.3, 0.4) is 0 Å². The lowest BCUT2D eigenvalue weighted by Crippen LogP contribution is -2.24. The van der Waals surface area contributed by atoms with Crippen molar-refractivity contribution < 1.29 is 13.2 Å². The molecule has 1 aliphatic rings. The standard InChI is InChI=1S/C16H25N3O3S/c1-19(2)23(21,22)15-6-3-13(4-7-15)12-18-16(20)8-5-14-9-10-17-11-14/h3-4,6-7,14,17H,5,8-12H2,1-2H3,(H,18,20). The summed E-state index contributed by atoms with van der Waals surface area (Å²) in [6.07, 6.45) is 2.60. The van der Waals surface area contributed by atoms with Gasteiger partial charge in [-0.2, -0.15) is 0 Å². The molecule has 1 aromatic rings. The molecule has 6 nitrogen and oxygen atoms in total. The Morgan fingerprint density at radius 1 is 1.30 bits per heavy atom. The van der Waals surface area contributed by atoms with Gasteiger partial charge >= 0.3 is 0 Å². The van der Waals surface area contributed by atoms with Crippen molar-refractivity contribution in [2.24, 2.45) is 5.92 Å². The monoisotopic (exact) mass is 339 g/mol. The van der Waals surface area contributed by atoms with Crippen LogP contribution in [0.15, 0.2) is 29.2 Å². The summed E-state index contributed by atoms with van der Waals surface area (Å²) in [7, 11) is -0.396. The summed E-state index contributed by atoms with van der Waals surface area (Å²) < 4.78 is 25.1. The quantitative estimate of drug-likeness (QED) is 0.775. The smallest absolute Gasteiger partial charge is 0.242 e. The second kappa shape index (κ2) is 7.90. The van der Waals surface area contributed by atoms with Gasteiger partial charge in [-0.05, 0) is 49.5 Å². The van der Waals surface area contributed by atoms with Gasteiger partial charge in [0, 0.05) is 27.1 Å². The summed E-state index contributed by atoms with van der Waals surface area (Å²) in [5.41, 5.74) is 0.888. The maximum Gasteiger partial charge on any atom is 0.242 e. The van der Waals surface area contributed by atoms with Gasteiger partial charge in [0.1, 0.15) is 0 Å². The van der Waals surface area contributed by atoms with Crippen molar-refractivity contribution in [3.8, 4) is 0 Å². The number of sulfonamides is 1. The summed E-state index contributed by atoms with van der Waals surface area (Å²) >= 11 is 0. The number of benzene rings is 1. The van der Waals surface area contributed by atoms with Gasteiger partial charge in [-0.25, -0.2) is 12.7 Å². The number of rotatable bonds is 7. The minimum atomic E-state index is -3.40. The lowest BCUT2D eigenvalue weighted by atomic mass is 10.0. The first-order valence-electron chi connectivity index (χ1n) is 7.88. The van der Waals surface area contributed by atoms with E-state index in [4.69, 9.17) is 0 Å². The molecule has 23 heavy (non-hydrogen) atoms. The molecular formula is C16H25N3O3S. The molecule has 0 aromatic heterocycles. The summed E-state index contributed by atoms with van der Waals surface area (Å²) in [4.78, 5) is 12.1. The summed E-state index contributed by atoms with van der Waals surface area (Å²) in [5.74, 6) is 0.651. The van der Waals surface area contributed by atoms with Crippen LogP contribution in [0, 0.1) is 5.92 Å². The summed E-state index contributed by atoms with van der Waals surface area (Å²) in [6.45, 7) is 2.48. The number of nitrogens with zero attached hydrogens (tertiary/aromatic N) is 1. The molecule has 0 bridgehead atoms. The van der Waals surface area contributed by atoms with E-state index in [2.05, 4.69) is 10.6 Å². The van der Waals surface area contributed by atoms with Crippen molar-refractivity contribution in [2.45, 2.75) is 30.7 Å². The highest BCUT2D eigenvalue weighted by atomic mass is 32.2. The fourth-order valence-electron chi connectivity index (χ4n) is 2.58. The Labute approximate surface area is 138 Å². The Hall–Kier alpha value is -1.44. The fraction of sp³-hybridized carbons (Fsp3) is 0.562. The largest absolute Gasteiger partial charge is 0.352 e. The van der Waals surface area contributed by atoms with Crippen LogP contribution in [-0.2, 0) is 21.4 Å². The lowest BCUT2D eigenvalue weighted by Gasteiger charge is -2.12. The number of amides is 1. The van der Waals surface area contributed by atoms with Gasteiger partial charge in [-0.3, -0.25) is 4.79 Å². The molecule has 1 heterocycles. The molecule has 7 heteroatoms. The predicted molar refractivity (Wildman–Crippen MR) is 89.4 cm³/mol. The molecule has 1 unspecified atom stereocenters. The molecule has 0 spiro atoms. The third-order valence-electron chi connectivity index (χ3n) is 4.13. The average molecular weight is 339 g/mol. The molecule has 1 atom stereocenters. The second-order valence-electron chi connectivity index (χ2n) is 6.11. The van der Waals surface area contributed by atoms with Crippen molar-refractivity contribution >= 4 is 15.9 Å². The molecule has 1 amide bonds. The number of hydrogen-bond acceptors (Lipinski definition) is 4. The van der Waals surface area contributed by atoms with Crippen LogP contribution < -0.4 is 10.6 Å². The molecule has 1 aliphatic heterocycles. The van der Waals surface area contributed by atoms with E-state index >= 15 is 0 Å². The molecular weight excluding hydrogens is 314 g/mol. The Morgan fingerprint density at radius 3 is 2.57 bits per heavy atom. The number of nitrogens with one attached hydrogen (secondary N) is 2. The fourth-order valence-corrected chi connectivity index (χ4v) is 3.48. The van der Waals surface area contributed by atoms with Crippen molar-refractivity contribution in [3.05, 3.63) is 29.8 Å². The first-order chi connectivity index (χ1) is 10.9. The van der Waals surface area contributed by atoms with Gasteiger partial charge in [-0.1, -0.05) is 12.1 Å². The van der Waals surface area contributed by atoms with E-state index in [1.54, 1.807) is 24.3 Å². The maximum absolute atomic E-state index is 12.0. The van der Waals surface area contributed by atoms with Crippen LogP contribution in [-0.4, -0.2) is 45.8 Å². The number of carbonyl (C=O) groups excluding carboxylic acids is 1. The summed E-state index contributed by atoms with van der Waals surface area (Å²) in [5, 5.41) is 6.18. The molecule has 0 aliphatic carbocycles. The van der Waals surface area contributed by atoms with E-state index in [1.807, 2.05) is 0 Å². The second-order valence-corrected chi connectivity index (χ2v) is 8.26. The first-order valence-corrected chi connectivity index (χ1v) is 9.32. The number of carbonyl (C=O) groups is 1. The van der Waals surface area contributed by atoms with E-state index in [0.29, 0.717) is 18.9 Å². The topological polar surface area (TPSA) is 78.5 Å². The highest BCUT2D eigenvalue weighted by molar-refractivity contribution is 7.89. The average Bonchev–Trinajstić information content (AvgIpc) is 3.04. The Balaban J connectivity index is 1.80. The molecule has 0 saturated carbocycles. The normalized spacial score (nSPS) is 18.3. The number of hydrogen-bond donors (Lipinski definition) is 2. The summed E-state index contributed by atoms with van der Waals surface area (Å²) in [6, 6.07) is 6.61. The Bertz CT molecular complexity index is 620. The van der Waals surface area contributed by atoms with Gasteiger partial charge in [0.2, 0.25) is 15.9 Å². The molecule has 1 fully saturated rings. The van der Waals surface area contributed by atoms with E-state index in [-0.39, 0.29) is 10.8 Å². The third kappa shape index (κ3) is 5.02. The third-order valence-corrected chi connectivity index (χ3v) is 5.96. The van der Waals surface area contributed by atoms with Crippen molar-refractivity contribution in [1.82, 2.24) is 14.9 Å². The van der Waals surface area contributed by atoms with E-state index < -0.39 is 10.0 Å². The highest BCUT2D eigenvalue weighted by Gasteiger charge is 2.17. The van der Waals surface area contributed by atoms with Gasteiger partial charge in [0.05, 0.1) is 4.90 Å². The van der Waals surface area contributed by atoms with Gasteiger partial charge in [0.25, 0.3) is 0 Å². The van der Waals surface area contributed by atoms with Crippen LogP contribution in [0.5, 0.6) is 0 Å². The van der Waals surface area contributed by atoms with Crippen LogP contribution in [0.1, 0.15) is 24.8 Å². The molecule has 1 aromatic carbocycles.